The second-order valence-electron chi connectivity index (χ2n) is 6.22. The van der Waals surface area contributed by atoms with Crippen molar-refractivity contribution in [3.8, 4) is 0 Å². The van der Waals surface area contributed by atoms with Crippen molar-refractivity contribution in [1.29, 1.82) is 0 Å². The maximum atomic E-state index is 12.1. The number of ether oxygens (including phenoxy) is 1. The van der Waals surface area contributed by atoms with Crippen molar-refractivity contribution in [1.82, 2.24) is 5.32 Å². The minimum Gasteiger partial charge on any atom is -0.378 e. The summed E-state index contributed by atoms with van der Waals surface area (Å²) in [6, 6.07) is 5.67. The maximum absolute atomic E-state index is 12.1. The molecule has 0 bridgehead atoms. The fourth-order valence-electron chi connectivity index (χ4n) is 3.63. The summed E-state index contributed by atoms with van der Waals surface area (Å²) in [6.07, 6.45) is 4.49. The minimum absolute atomic E-state index is 0.00271. The lowest BCUT2D eigenvalue weighted by Crippen LogP contribution is -2.68. The van der Waals surface area contributed by atoms with E-state index < -0.39 is 4.92 Å². The van der Waals surface area contributed by atoms with Crippen LogP contribution in [-0.2, 0) is 4.74 Å². The van der Waals surface area contributed by atoms with Crippen molar-refractivity contribution in [3.05, 3.63) is 34.4 Å². The Morgan fingerprint density at radius 1 is 1.39 bits per heavy atom. The van der Waals surface area contributed by atoms with E-state index in [-0.39, 0.29) is 29.3 Å². The SMILES string of the molecule is CCO[C@@H]1C[C@H](NC(=O)Nc2ccc([N+](=O)[O-])cc2)C12CCC2. The molecular weight excluding hydrogens is 298 g/mol. The third kappa shape index (κ3) is 2.88. The Kier molecular flexibility index (Phi) is 4.21. The molecule has 2 fully saturated rings. The number of urea groups is 1. The van der Waals surface area contributed by atoms with Gasteiger partial charge in [-0.3, -0.25) is 10.1 Å². The molecule has 1 aromatic rings. The Morgan fingerprint density at radius 2 is 2.09 bits per heavy atom. The summed E-state index contributed by atoms with van der Waals surface area (Å²) in [6.45, 7) is 2.70. The highest BCUT2D eigenvalue weighted by Crippen LogP contribution is 2.57. The largest absolute Gasteiger partial charge is 0.378 e. The van der Waals surface area contributed by atoms with Crippen LogP contribution in [0.25, 0.3) is 0 Å². The zero-order valence-electron chi connectivity index (χ0n) is 13.1. The number of hydrogen-bond acceptors (Lipinski definition) is 4. The first-order valence-electron chi connectivity index (χ1n) is 7.99. The predicted octanol–water partition coefficient (Wildman–Crippen LogP) is 3.06. The number of amides is 2. The number of nitrogens with zero attached hydrogens (tertiary/aromatic N) is 1. The smallest absolute Gasteiger partial charge is 0.319 e. The van der Waals surface area contributed by atoms with Gasteiger partial charge in [-0.1, -0.05) is 6.42 Å². The standard InChI is InChI=1S/C16H21N3O4/c1-2-23-14-10-13(16(14)8-3-9-16)18-15(20)17-11-4-6-12(7-5-11)19(21)22/h4-7,13-14H,2-3,8-10H2,1H3,(H2,17,18,20)/t13-,14+/m0/s1. The van der Waals surface area contributed by atoms with Crippen molar-refractivity contribution in [2.24, 2.45) is 5.41 Å². The summed E-state index contributed by atoms with van der Waals surface area (Å²) < 4.78 is 5.77. The maximum Gasteiger partial charge on any atom is 0.319 e. The molecule has 0 saturated heterocycles. The first-order chi connectivity index (χ1) is 11.0. The highest BCUT2D eigenvalue weighted by Gasteiger charge is 2.59. The van der Waals surface area contributed by atoms with Crippen LogP contribution < -0.4 is 10.6 Å². The quantitative estimate of drug-likeness (QED) is 0.644. The van der Waals surface area contributed by atoms with Crippen molar-refractivity contribution >= 4 is 17.4 Å². The van der Waals surface area contributed by atoms with Gasteiger partial charge in [0, 0.05) is 35.9 Å². The van der Waals surface area contributed by atoms with Crippen LogP contribution in [0.1, 0.15) is 32.6 Å². The van der Waals surface area contributed by atoms with E-state index in [1.165, 1.54) is 30.7 Å². The number of carbonyl (C=O) groups is 1. The number of anilines is 1. The van der Waals surface area contributed by atoms with Gasteiger partial charge in [-0.15, -0.1) is 0 Å². The number of carbonyl (C=O) groups excluding carboxylic acids is 1. The molecule has 2 N–H and O–H groups in total. The third-order valence-electron chi connectivity index (χ3n) is 5.08. The molecule has 1 aromatic carbocycles. The van der Waals surface area contributed by atoms with E-state index in [4.69, 9.17) is 4.74 Å². The molecule has 2 aliphatic carbocycles. The van der Waals surface area contributed by atoms with Crippen LogP contribution in [0.3, 0.4) is 0 Å². The Morgan fingerprint density at radius 3 is 2.61 bits per heavy atom. The van der Waals surface area contributed by atoms with E-state index in [0.717, 1.165) is 19.3 Å². The topological polar surface area (TPSA) is 93.5 Å². The predicted molar refractivity (Wildman–Crippen MR) is 85.4 cm³/mol. The summed E-state index contributed by atoms with van der Waals surface area (Å²) in [7, 11) is 0. The zero-order valence-corrected chi connectivity index (χ0v) is 13.1. The fourth-order valence-corrected chi connectivity index (χ4v) is 3.63. The molecular formula is C16H21N3O4. The number of nitrogens with one attached hydrogen (secondary N) is 2. The number of nitro groups is 1. The van der Waals surface area contributed by atoms with Gasteiger partial charge >= 0.3 is 6.03 Å². The molecule has 7 nitrogen and oxygen atoms in total. The van der Waals surface area contributed by atoms with Gasteiger partial charge in [-0.05, 0) is 38.3 Å². The lowest BCUT2D eigenvalue weighted by atomic mass is 9.51. The van der Waals surface area contributed by atoms with Gasteiger partial charge in [0.15, 0.2) is 0 Å². The van der Waals surface area contributed by atoms with E-state index in [0.29, 0.717) is 12.3 Å². The average Bonchev–Trinajstić information content (AvgIpc) is 2.44. The summed E-state index contributed by atoms with van der Waals surface area (Å²) in [5.74, 6) is 0. The Bertz CT molecular complexity index is 598. The zero-order chi connectivity index (χ0) is 16.4. The molecule has 1 spiro atoms. The van der Waals surface area contributed by atoms with Crippen molar-refractivity contribution in [2.75, 3.05) is 11.9 Å². The molecule has 2 atom stereocenters. The molecule has 2 saturated carbocycles. The number of rotatable bonds is 5. The van der Waals surface area contributed by atoms with Gasteiger partial charge in [0.2, 0.25) is 0 Å². The lowest BCUT2D eigenvalue weighted by molar-refractivity contribution is -0.384. The summed E-state index contributed by atoms with van der Waals surface area (Å²) in [4.78, 5) is 22.3. The molecule has 0 aromatic heterocycles. The van der Waals surface area contributed by atoms with E-state index >= 15 is 0 Å². The highest BCUT2D eigenvalue weighted by atomic mass is 16.6. The van der Waals surface area contributed by atoms with Gasteiger partial charge in [0.1, 0.15) is 0 Å². The van der Waals surface area contributed by atoms with Gasteiger partial charge in [0.05, 0.1) is 11.0 Å². The fraction of sp³-hybridized carbons (Fsp3) is 0.562. The lowest BCUT2D eigenvalue weighted by Gasteiger charge is -2.60. The number of non-ortho nitro benzene ring substituents is 1. The van der Waals surface area contributed by atoms with Gasteiger partial charge in [-0.2, -0.15) is 0 Å². The second-order valence-corrected chi connectivity index (χ2v) is 6.22. The Hall–Kier alpha value is -2.15. The van der Waals surface area contributed by atoms with Crippen molar-refractivity contribution in [2.45, 2.75) is 44.8 Å². The van der Waals surface area contributed by atoms with E-state index in [1.54, 1.807) is 0 Å². The number of nitro benzene ring substituents is 1. The second kappa shape index (κ2) is 6.16. The molecule has 0 heterocycles. The van der Waals surface area contributed by atoms with Crippen LogP contribution in [0.5, 0.6) is 0 Å². The number of benzene rings is 1. The molecule has 23 heavy (non-hydrogen) atoms. The van der Waals surface area contributed by atoms with E-state index in [1.807, 2.05) is 6.92 Å². The normalized spacial score (nSPS) is 24.4. The van der Waals surface area contributed by atoms with E-state index in [9.17, 15) is 14.9 Å². The molecule has 2 amide bonds. The molecule has 124 valence electrons. The summed E-state index contributed by atoms with van der Waals surface area (Å²) in [5, 5.41) is 16.4. The minimum atomic E-state index is -0.466. The average molecular weight is 319 g/mol. The van der Waals surface area contributed by atoms with Gasteiger partial charge in [0.25, 0.3) is 5.69 Å². The van der Waals surface area contributed by atoms with Crippen LogP contribution in [-0.4, -0.2) is 29.7 Å². The molecule has 2 aliphatic rings. The van der Waals surface area contributed by atoms with E-state index in [2.05, 4.69) is 10.6 Å². The number of hydrogen-bond donors (Lipinski definition) is 2. The van der Waals surface area contributed by atoms with Crippen LogP contribution in [0.2, 0.25) is 0 Å². The van der Waals surface area contributed by atoms with Crippen molar-refractivity contribution in [3.63, 3.8) is 0 Å². The van der Waals surface area contributed by atoms with Gasteiger partial charge in [-0.25, -0.2) is 4.79 Å². The molecule has 7 heteroatoms. The van der Waals surface area contributed by atoms with Gasteiger partial charge < -0.3 is 15.4 Å². The molecule has 0 unspecified atom stereocenters. The Balaban J connectivity index is 1.55. The Labute approximate surface area is 134 Å². The highest BCUT2D eigenvalue weighted by molar-refractivity contribution is 5.89. The summed E-state index contributed by atoms with van der Waals surface area (Å²) >= 11 is 0. The van der Waals surface area contributed by atoms with Crippen LogP contribution in [0.4, 0.5) is 16.2 Å². The van der Waals surface area contributed by atoms with Crippen molar-refractivity contribution < 1.29 is 14.5 Å². The van der Waals surface area contributed by atoms with Crippen LogP contribution in [0, 0.1) is 15.5 Å². The van der Waals surface area contributed by atoms with Crippen LogP contribution in [0.15, 0.2) is 24.3 Å². The molecule has 3 rings (SSSR count). The summed E-state index contributed by atoms with van der Waals surface area (Å²) in [5.41, 5.74) is 0.655. The first-order valence-corrected chi connectivity index (χ1v) is 7.99. The van der Waals surface area contributed by atoms with Crippen LogP contribution >= 0.6 is 0 Å². The monoisotopic (exact) mass is 319 g/mol. The molecule has 0 aliphatic heterocycles. The molecule has 0 radical (unpaired) electrons. The third-order valence-corrected chi connectivity index (χ3v) is 5.08. The first kappa shape index (κ1) is 15.7.